The number of thiophene rings is 1. The maximum absolute atomic E-state index is 11.0. The fourth-order valence-electron chi connectivity index (χ4n) is 1.32. The molecule has 0 aliphatic rings. The highest BCUT2D eigenvalue weighted by atomic mass is 32.1. The fraction of sp³-hybridized carbons (Fsp3) is 0. The van der Waals surface area contributed by atoms with Gasteiger partial charge in [0.15, 0.2) is 0 Å². The number of carboxylic acid groups (broad SMARTS) is 2. The van der Waals surface area contributed by atoms with Gasteiger partial charge in [0.25, 0.3) is 0 Å². The quantitative estimate of drug-likeness (QED) is 0.698. The summed E-state index contributed by atoms with van der Waals surface area (Å²) in [5, 5.41) is 21.7. The van der Waals surface area contributed by atoms with Gasteiger partial charge in [0.2, 0.25) is 0 Å². The van der Waals surface area contributed by atoms with Gasteiger partial charge < -0.3 is 15.5 Å². The zero-order valence-electron chi connectivity index (χ0n) is 8.71. The summed E-state index contributed by atoms with van der Waals surface area (Å²) in [4.78, 5) is 36.9. The molecular weight excluding hydrogens is 260 g/mol. The van der Waals surface area contributed by atoms with Crippen molar-refractivity contribution in [3.63, 3.8) is 0 Å². The van der Waals surface area contributed by atoms with Crippen LogP contribution in [0, 0.1) is 0 Å². The third-order valence-corrected chi connectivity index (χ3v) is 2.92. The number of aromatic carboxylic acids is 1. The fourth-order valence-corrected chi connectivity index (χ4v) is 2.07. The zero-order chi connectivity index (χ0) is 13.3. The number of carboxylic acids is 2. The summed E-state index contributed by atoms with van der Waals surface area (Å²) in [5.41, 5.74) is -0.254. The highest BCUT2D eigenvalue weighted by Gasteiger charge is 2.19. The third kappa shape index (κ3) is 2.13. The number of pyridine rings is 1. The van der Waals surface area contributed by atoms with E-state index in [0.717, 1.165) is 0 Å². The van der Waals surface area contributed by atoms with Crippen LogP contribution >= 0.6 is 11.3 Å². The van der Waals surface area contributed by atoms with Crippen molar-refractivity contribution in [2.45, 2.75) is 0 Å². The number of fused-ring (bicyclic) bond motifs is 1. The van der Waals surface area contributed by atoms with Crippen molar-refractivity contribution in [2.24, 2.45) is 0 Å². The Bertz CT molecular complexity index is 663. The normalized spacial score (nSPS) is 10.2. The average Bonchev–Trinajstić information content (AvgIpc) is 2.74. The van der Waals surface area contributed by atoms with E-state index in [1.165, 1.54) is 17.4 Å². The molecule has 2 heterocycles. The van der Waals surface area contributed by atoms with Gasteiger partial charge in [0.1, 0.15) is 16.2 Å². The molecule has 0 saturated carbocycles. The lowest BCUT2D eigenvalue weighted by Gasteiger charge is -2.05. The van der Waals surface area contributed by atoms with Gasteiger partial charge in [0, 0.05) is 5.39 Å². The number of aliphatic carboxylic acids is 1. The molecule has 18 heavy (non-hydrogen) atoms. The predicted octanol–water partition coefficient (Wildman–Crippen LogP) is 1.02. The topological polar surface area (TPSA) is 117 Å². The highest BCUT2D eigenvalue weighted by molar-refractivity contribution is 7.16. The first-order valence-corrected chi connectivity index (χ1v) is 5.53. The maximum Gasteiger partial charge on any atom is 0.394 e. The van der Waals surface area contributed by atoms with Crippen LogP contribution in [0.5, 0.6) is 0 Å². The molecule has 8 heteroatoms. The van der Waals surface area contributed by atoms with E-state index in [1.54, 1.807) is 11.4 Å². The van der Waals surface area contributed by atoms with E-state index >= 15 is 0 Å². The summed E-state index contributed by atoms with van der Waals surface area (Å²) >= 11 is 1.25. The van der Waals surface area contributed by atoms with Gasteiger partial charge in [-0.2, -0.15) is 0 Å². The first kappa shape index (κ1) is 12.0. The Labute approximate surface area is 104 Å². The first-order valence-electron chi connectivity index (χ1n) is 4.65. The van der Waals surface area contributed by atoms with E-state index < -0.39 is 17.8 Å². The molecule has 2 aromatic heterocycles. The van der Waals surface area contributed by atoms with Crippen LogP contribution < -0.4 is 5.32 Å². The van der Waals surface area contributed by atoms with Gasteiger partial charge >= 0.3 is 17.8 Å². The highest BCUT2D eigenvalue weighted by Crippen LogP contribution is 2.24. The molecule has 3 N–H and O–H groups in total. The third-order valence-electron chi connectivity index (χ3n) is 2.10. The van der Waals surface area contributed by atoms with Gasteiger partial charge in [-0.15, -0.1) is 11.3 Å². The minimum absolute atomic E-state index is 0.254. The summed E-state index contributed by atoms with van der Waals surface area (Å²) < 4.78 is 0. The molecule has 0 saturated heterocycles. The summed E-state index contributed by atoms with van der Waals surface area (Å²) in [6, 6.07) is 3.01. The first-order chi connectivity index (χ1) is 8.49. The number of aromatic nitrogens is 1. The number of carbonyl (C=O) groups excluding carboxylic acids is 1. The number of amides is 1. The van der Waals surface area contributed by atoms with Gasteiger partial charge in [-0.3, -0.25) is 4.79 Å². The Hall–Kier alpha value is -2.48. The van der Waals surface area contributed by atoms with Crippen molar-refractivity contribution >= 4 is 45.2 Å². The van der Waals surface area contributed by atoms with Crippen LogP contribution in [0.4, 0.5) is 5.82 Å². The summed E-state index contributed by atoms with van der Waals surface area (Å²) in [7, 11) is 0. The maximum atomic E-state index is 11.0. The van der Waals surface area contributed by atoms with Gasteiger partial charge in [0.05, 0.1) is 0 Å². The molecule has 92 valence electrons. The van der Waals surface area contributed by atoms with Crippen LogP contribution in [-0.2, 0) is 9.59 Å². The lowest BCUT2D eigenvalue weighted by Crippen LogP contribution is -2.23. The lowest BCUT2D eigenvalue weighted by molar-refractivity contribution is -0.147. The molecule has 0 aliphatic carbocycles. The molecule has 0 unspecified atom stereocenters. The molecule has 0 bridgehead atoms. The SMILES string of the molecule is O=C(O)C(=O)Nc1nc2sccc2cc1C(=O)O. The summed E-state index contributed by atoms with van der Waals surface area (Å²) in [6.07, 6.45) is 0. The molecule has 0 atom stereocenters. The number of carbonyl (C=O) groups is 3. The van der Waals surface area contributed by atoms with Crippen LogP contribution in [0.1, 0.15) is 10.4 Å². The number of anilines is 1. The van der Waals surface area contributed by atoms with Gasteiger partial charge in [-0.25, -0.2) is 14.6 Å². The Kier molecular flexibility index (Phi) is 2.94. The molecule has 0 radical (unpaired) electrons. The van der Waals surface area contributed by atoms with Crippen molar-refractivity contribution in [3.05, 3.63) is 23.1 Å². The summed E-state index contributed by atoms with van der Waals surface area (Å²) in [6.45, 7) is 0. The molecule has 0 fully saturated rings. The molecule has 2 aromatic rings. The van der Waals surface area contributed by atoms with E-state index in [-0.39, 0.29) is 11.4 Å². The zero-order valence-corrected chi connectivity index (χ0v) is 9.52. The number of nitrogens with one attached hydrogen (secondary N) is 1. The molecular formula is C10H6N2O5S. The molecule has 0 aromatic carbocycles. The van der Waals surface area contributed by atoms with Crippen molar-refractivity contribution in [2.75, 3.05) is 5.32 Å². The number of hydrogen-bond donors (Lipinski definition) is 3. The van der Waals surface area contributed by atoms with Crippen LogP contribution in [0.15, 0.2) is 17.5 Å². The molecule has 1 amide bonds. The van der Waals surface area contributed by atoms with Crippen LogP contribution in [0.25, 0.3) is 10.2 Å². The van der Waals surface area contributed by atoms with Gasteiger partial charge in [-0.1, -0.05) is 0 Å². The Morgan fingerprint density at radius 3 is 2.61 bits per heavy atom. The van der Waals surface area contributed by atoms with Crippen molar-refractivity contribution in [3.8, 4) is 0 Å². The minimum atomic E-state index is -1.71. The monoisotopic (exact) mass is 266 g/mol. The largest absolute Gasteiger partial charge is 0.478 e. The molecule has 2 rings (SSSR count). The van der Waals surface area contributed by atoms with E-state index in [9.17, 15) is 14.4 Å². The standard InChI is InChI=1S/C10H6N2O5S/c13-7(10(16)17)11-6-5(9(14)15)3-4-1-2-18-8(4)12-6/h1-3H,(H,14,15)(H,16,17)(H,11,12,13). The van der Waals surface area contributed by atoms with Crippen LogP contribution in [-0.4, -0.2) is 33.0 Å². The predicted molar refractivity (Wildman–Crippen MR) is 62.8 cm³/mol. The molecule has 0 spiro atoms. The molecule has 7 nitrogen and oxygen atoms in total. The smallest absolute Gasteiger partial charge is 0.394 e. The van der Waals surface area contributed by atoms with Crippen molar-refractivity contribution in [1.29, 1.82) is 0 Å². The van der Waals surface area contributed by atoms with E-state index in [2.05, 4.69) is 4.98 Å². The molecule has 0 aliphatic heterocycles. The number of hydrogen-bond acceptors (Lipinski definition) is 5. The van der Waals surface area contributed by atoms with E-state index in [0.29, 0.717) is 10.2 Å². The van der Waals surface area contributed by atoms with Crippen LogP contribution in [0.3, 0.4) is 0 Å². The van der Waals surface area contributed by atoms with Crippen LogP contribution in [0.2, 0.25) is 0 Å². The van der Waals surface area contributed by atoms with Crippen molar-refractivity contribution in [1.82, 2.24) is 4.98 Å². The van der Waals surface area contributed by atoms with Gasteiger partial charge in [-0.05, 0) is 17.5 Å². The van der Waals surface area contributed by atoms with E-state index in [4.69, 9.17) is 10.2 Å². The lowest BCUT2D eigenvalue weighted by atomic mass is 10.2. The Morgan fingerprint density at radius 2 is 2.00 bits per heavy atom. The average molecular weight is 266 g/mol. The second-order valence-electron chi connectivity index (χ2n) is 3.26. The number of rotatable bonds is 2. The minimum Gasteiger partial charge on any atom is -0.478 e. The summed E-state index contributed by atoms with van der Waals surface area (Å²) in [5.74, 6) is -4.61. The van der Waals surface area contributed by atoms with E-state index in [1.807, 2.05) is 5.32 Å². The Balaban J connectivity index is 2.52. The van der Waals surface area contributed by atoms with Crippen molar-refractivity contribution < 1.29 is 24.6 Å². The Morgan fingerprint density at radius 1 is 1.28 bits per heavy atom. The number of nitrogens with zero attached hydrogens (tertiary/aromatic N) is 1. The second-order valence-corrected chi connectivity index (χ2v) is 4.16. The second kappa shape index (κ2) is 4.41.